The summed E-state index contributed by atoms with van der Waals surface area (Å²) in [4.78, 5) is 39.7. The lowest BCUT2D eigenvalue weighted by Crippen LogP contribution is -2.33. The first kappa shape index (κ1) is 20.9. The molecule has 0 rings (SSSR count). The topological polar surface area (TPSA) is 213 Å². The average molecular weight is 309 g/mol. The quantitative estimate of drug-likeness (QED) is 0.241. The Balaban J connectivity index is 0. The van der Waals surface area contributed by atoms with Crippen molar-refractivity contribution in [3.63, 3.8) is 0 Å². The summed E-state index contributed by atoms with van der Waals surface area (Å²) >= 11 is 0. The Hall–Kier alpha value is -2.40. The molecule has 0 aromatic carbocycles. The Bertz CT molecular complexity index is 373. The lowest BCUT2D eigenvalue weighted by Gasteiger charge is -2.05. The fraction of sp³-hybridized carbons (Fsp3) is 0.600. The molecule has 0 fully saturated rings. The highest BCUT2D eigenvalue weighted by molar-refractivity contribution is 5.79. The van der Waals surface area contributed by atoms with E-state index in [1.807, 2.05) is 0 Å². The first-order valence-corrected chi connectivity index (χ1v) is 5.72. The van der Waals surface area contributed by atoms with E-state index in [0.717, 1.165) is 0 Å². The van der Waals surface area contributed by atoms with Gasteiger partial charge < -0.3 is 37.2 Å². The van der Waals surface area contributed by atoms with E-state index in [1.54, 1.807) is 0 Å². The van der Waals surface area contributed by atoms with Crippen LogP contribution in [0, 0.1) is 0 Å². The summed E-state index contributed by atoms with van der Waals surface area (Å²) in [5.41, 5.74) is 9.96. The molecule has 0 radical (unpaired) electrons. The van der Waals surface area contributed by atoms with Crippen molar-refractivity contribution in [3.05, 3.63) is 0 Å². The van der Waals surface area contributed by atoms with Crippen LogP contribution in [0.3, 0.4) is 0 Å². The zero-order valence-electron chi connectivity index (χ0n) is 11.1. The van der Waals surface area contributed by atoms with Crippen LogP contribution >= 0.6 is 0 Å². The maximum Gasteiger partial charge on any atom is 0.333 e. The number of carbonyl (C=O) groups is 4. The number of aliphatic hydroxyl groups excluding tert-OH is 1. The van der Waals surface area contributed by atoms with Crippen LogP contribution in [0.5, 0.6) is 0 Å². The number of carboxylic acids is 3. The van der Waals surface area contributed by atoms with Crippen molar-refractivity contribution in [1.29, 1.82) is 0 Å². The maximum atomic E-state index is 10.2. The number of aliphatic carboxylic acids is 3. The fourth-order valence-corrected chi connectivity index (χ4v) is 0.910. The minimum atomic E-state index is -1.79. The summed E-state index contributed by atoms with van der Waals surface area (Å²) < 4.78 is 0. The number of carbonyl (C=O) groups excluding carboxylic acids is 1. The maximum absolute atomic E-state index is 10.2. The molecule has 0 aliphatic heterocycles. The normalized spacial score (nSPS) is 12.3. The van der Waals surface area contributed by atoms with Crippen molar-refractivity contribution in [1.82, 2.24) is 5.32 Å². The molecule has 9 N–H and O–H groups in total. The fourth-order valence-electron chi connectivity index (χ4n) is 0.910. The third kappa shape index (κ3) is 15.5. The number of carboxylic acid groups (broad SMARTS) is 3. The Morgan fingerprint density at radius 1 is 1.05 bits per heavy atom. The number of nitrogens with two attached hydrogens (primary N) is 2. The molecule has 0 aliphatic rings. The first-order valence-electron chi connectivity index (χ1n) is 5.72. The van der Waals surface area contributed by atoms with Crippen LogP contribution in [0.1, 0.15) is 19.3 Å². The number of hydrogen-bond donors (Lipinski definition) is 7. The molecule has 0 bridgehead atoms. The number of primary amides is 1. The summed E-state index contributed by atoms with van der Waals surface area (Å²) in [6, 6.07) is -1.47. The van der Waals surface area contributed by atoms with E-state index in [0.29, 0.717) is 19.4 Å². The van der Waals surface area contributed by atoms with Crippen LogP contribution in [0.2, 0.25) is 0 Å². The van der Waals surface area contributed by atoms with Crippen molar-refractivity contribution in [2.75, 3.05) is 6.54 Å². The number of aliphatic hydroxyl groups is 1. The Kier molecular flexibility index (Phi) is 11.4. The van der Waals surface area contributed by atoms with Gasteiger partial charge in [-0.05, 0) is 12.8 Å². The third-order valence-electron chi connectivity index (χ3n) is 1.96. The van der Waals surface area contributed by atoms with Crippen LogP contribution in [0.15, 0.2) is 0 Å². The molecule has 1 unspecified atom stereocenters. The standard InChI is InChI=1S/C6H13N3O3.C4H6O5/c7-4(5(10)11)2-1-3-9-6(8)12;5-2(4(8)9)1-3(6)7/h4H,1-3,7H2,(H,10,11)(H3,8,9,12);2,5H,1H2,(H,6,7)(H,8,9)/t4-;/m0./s1. The van der Waals surface area contributed by atoms with Crippen molar-refractivity contribution in [2.45, 2.75) is 31.4 Å². The highest BCUT2D eigenvalue weighted by Crippen LogP contribution is 1.92. The molecule has 0 saturated heterocycles. The summed E-state index contributed by atoms with van der Waals surface area (Å²) in [6.07, 6.45) is -1.70. The van der Waals surface area contributed by atoms with E-state index in [2.05, 4.69) is 5.32 Å². The Morgan fingerprint density at radius 3 is 1.86 bits per heavy atom. The molecule has 21 heavy (non-hydrogen) atoms. The number of rotatable bonds is 8. The molecule has 0 heterocycles. The van der Waals surface area contributed by atoms with Gasteiger partial charge in [0, 0.05) is 6.54 Å². The zero-order valence-corrected chi connectivity index (χ0v) is 11.1. The highest BCUT2D eigenvalue weighted by Gasteiger charge is 2.16. The second-order valence-electron chi connectivity index (χ2n) is 3.83. The van der Waals surface area contributed by atoms with Gasteiger partial charge in [-0.25, -0.2) is 9.59 Å². The largest absolute Gasteiger partial charge is 0.481 e. The Morgan fingerprint density at radius 2 is 1.57 bits per heavy atom. The SMILES string of the molecule is NC(=O)NCCC[C@H](N)C(=O)O.O=C(O)CC(O)C(=O)O. The van der Waals surface area contributed by atoms with Crippen LogP contribution < -0.4 is 16.8 Å². The van der Waals surface area contributed by atoms with Gasteiger partial charge in [-0.1, -0.05) is 0 Å². The predicted octanol–water partition coefficient (Wildman–Crippen LogP) is -2.25. The van der Waals surface area contributed by atoms with E-state index in [-0.39, 0.29) is 0 Å². The molecule has 11 heteroatoms. The molecule has 0 aromatic rings. The van der Waals surface area contributed by atoms with Gasteiger partial charge in [-0.2, -0.15) is 0 Å². The number of nitrogens with one attached hydrogen (secondary N) is 1. The van der Waals surface area contributed by atoms with Gasteiger partial charge in [0.15, 0.2) is 6.10 Å². The van der Waals surface area contributed by atoms with Gasteiger partial charge >= 0.3 is 23.9 Å². The molecule has 122 valence electrons. The van der Waals surface area contributed by atoms with E-state index < -0.39 is 42.5 Å². The van der Waals surface area contributed by atoms with Gasteiger partial charge in [0.25, 0.3) is 0 Å². The van der Waals surface area contributed by atoms with Crippen molar-refractivity contribution in [2.24, 2.45) is 11.5 Å². The lowest BCUT2D eigenvalue weighted by molar-refractivity contribution is -0.152. The van der Waals surface area contributed by atoms with Crippen LogP contribution in [-0.4, -0.2) is 63.1 Å². The molecule has 0 spiro atoms. The van der Waals surface area contributed by atoms with Crippen LogP contribution in [0.25, 0.3) is 0 Å². The Labute approximate surface area is 119 Å². The molecular weight excluding hydrogens is 290 g/mol. The van der Waals surface area contributed by atoms with Gasteiger partial charge in [-0.15, -0.1) is 0 Å². The van der Waals surface area contributed by atoms with Gasteiger partial charge in [0.1, 0.15) is 6.04 Å². The number of amides is 2. The summed E-state index contributed by atoms with van der Waals surface area (Å²) in [7, 11) is 0. The minimum Gasteiger partial charge on any atom is -0.481 e. The monoisotopic (exact) mass is 309 g/mol. The van der Waals surface area contributed by atoms with E-state index in [1.165, 1.54) is 0 Å². The molecule has 0 aliphatic carbocycles. The molecule has 2 atom stereocenters. The second kappa shape index (κ2) is 11.4. The average Bonchev–Trinajstić information content (AvgIpc) is 2.33. The zero-order chi connectivity index (χ0) is 17.0. The summed E-state index contributed by atoms with van der Waals surface area (Å²) in [6.45, 7) is 0.357. The molecule has 2 amide bonds. The van der Waals surface area contributed by atoms with Crippen molar-refractivity contribution in [3.8, 4) is 0 Å². The van der Waals surface area contributed by atoms with Crippen molar-refractivity contribution < 1.29 is 39.6 Å². The van der Waals surface area contributed by atoms with Crippen LogP contribution in [-0.2, 0) is 14.4 Å². The van der Waals surface area contributed by atoms with Gasteiger partial charge in [-0.3, -0.25) is 9.59 Å². The second-order valence-corrected chi connectivity index (χ2v) is 3.83. The van der Waals surface area contributed by atoms with Crippen molar-refractivity contribution >= 4 is 23.9 Å². The summed E-state index contributed by atoms with van der Waals surface area (Å²) in [5.74, 6) is -3.88. The van der Waals surface area contributed by atoms with E-state index in [9.17, 15) is 19.2 Å². The minimum absolute atomic E-state index is 0.329. The molecule has 0 aromatic heterocycles. The summed E-state index contributed by atoms with van der Waals surface area (Å²) in [5, 5.41) is 34.8. The number of urea groups is 1. The predicted molar refractivity (Wildman–Crippen MR) is 68.3 cm³/mol. The number of hydrogen-bond acceptors (Lipinski definition) is 6. The highest BCUT2D eigenvalue weighted by atomic mass is 16.4. The van der Waals surface area contributed by atoms with Gasteiger partial charge in [0.2, 0.25) is 0 Å². The van der Waals surface area contributed by atoms with E-state index in [4.69, 9.17) is 31.9 Å². The molecular formula is C10H19N3O8. The molecule has 0 saturated carbocycles. The third-order valence-corrected chi connectivity index (χ3v) is 1.96. The first-order chi connectivity index (χ1) is 9.57. The smallest absolute Gasteiger partial charge is 0.333 e. The molecule has 11 nitrogen and oxygen atoms in total. The van der Waals surface area contributed by atoms with Gasteiger partial charge in [0.05, 0.1) is 6.42 Å². The lowest BCUT2D eigenvalue weighted by atomic mass is 10.2. The van der Waals surface area contributed by atoms with E-state index >= 15 is 0 Å². The van der Waals surface area contributed by atoms with Crippen LogP contribution in [0.4, 0.5) is 4.79 Å².